The molecule has 2 rings (SSSR count). The van der Waals surface area contributed by atoms with Gasteiger partial charge in [0, 0.05) is 17.2 Å². The molecule has 0 aliphatic heterocycles. The van der Waals surface area contributed by atoms with Crippen LogP contribution in [-0.2, 0) is 14.8 Å². The Morgan fingerprint density at radius 3 is 2.25 bits per heavy atom. The molecule has 0 unspecified atom stereocenters. The maximum absolute atomic E-state index is 12.5. The molecule has 1 amide bonds. The monoisotopic (exact) mass is 412 g/mol. The van der Waals surface area contributed by atoms with Gasteiger partial charge in [-0.25, -0.2) is 8.42 Å². The van der Waals surface area contributed by atoms with E-state index in [-0.39, 0.29) is 11.4 Å². The standard InChI is InChI=1S/C16H17BrN2O4S/c1-19(11-16(20)18-13-5-3-12(17)4-6-13)24(21,22)15-9-7-14(23-2)8-10-15/h3-10H,11H2,1-2H3,(H,18,20). The van der Waals surface area contributed by atoms with Gasteiger partial charge in [0.2, 0.25) is 15.9 Å². The van der Waals surface area contributed by atoms with Crippen molar-refractivity contribution in [1.82, 2.24) is 4.31 Å². The number of nitrogens with zero attached hydrogens (tertiary/aromatic N) is 1. The Morgan fingerprint density at radius 2 is 1.71 bits per heavy atom. The molecule has 0 saturated heterocycles. The van der Waals surface area contributed by atoms with Crippen molar-refractivity contribution in [2.75, 3.05) is 26.0 Å². The molecule has 0 aromatic heterocycles. The van der Waals surface area contributed by atoms with E-state index < -0.39 is 15.9 Å². The molecule has 0 fully saturated rings. The third-order valence-electron chi connectivity index (χ3n) is 3.26. The van der Waals surface area contributed by atoms with Crippen molar-refractivity contribution in [3.8, 4) is 5.75 Å². The highest BCUT2D eigenvalue weighted by Gasteiger charge is 2.23. The zero-order valence-corrected chi connectivity index (χ0v) is 15.6. The topological polar surface area (TPSA) is 75.7 Å². The van der Waals surface area contributed by atoms with Gasteiger partial charge in [-0.1, -0.05) is 15.9 Å². The number of benzene rings is 2. The van der Waals surface area contributed by atoms with Crippen LogP contribution in [0.2, 0.25) is 0 Å². The highest BCUT2D eigenvalue weighted by Crippen LogP contribution is 2.19. The zero-order chi connectivity index (χ0) is 17.7. The normalized spacial score (nSPS) is 11.3. The number of likely N-dealkylation sites (N-methyl/N-ethyl adjacent to an activating group) is 1. The van der Waals surface area contributed by atoms with Gasteiger partial charge in [0.25, 0.3) is 0 Å². The van der Waals surface area contributed by atoms with Crippen molar-refractivity contribution in [2.24, 2.45) is 0 Å². The molecule has 8 heteroatoms. The van der Waals surface area contributed by atoms with E-state index in [1.54, 1.807) is 36.4 Å². The minimum absolute atomic E-state index is 0.0993. The van der Waals surface area contributed by atoms with Crippen LogP contribution in [-0.4, -0.2) is 39.3 Å². The Balaban J connectivity index is 2.05. The number of anilines is 1. The van der Waals surface area contributed by atoms with E-state index in [0.717, 1.165) is 8.78 Å². The summed E-state index contributed by atoms with van der Waals surface area (Å²) in [5.41, 5.74) is 0.596. The molecule has 0 spiro atoms. The van der Waals surface area contributed by atoms with Gasteiger partial charge in [-0.2, -0.15) is 4.31 Å². The maximum Gasteiger partial charge on any atom is 0.243 e. The van der Waals surface area contributed by atoms with Gasteiger partial charge >= 0.3 is 0 Å². The number of carbonyl (C=O) groups excluding carboxylic acids is 1. The van der Waals surface area contributed by atoms with E-state index in [2.05, 4.69) is 21.2 Å². The van der Waals surface area contributed by atoms with Crippen molar-refractivity contribution in [2.45, 2.75) is 4.90 Å². The summed E-state index contributed by atoms with van der Waals surface area (Å²) in [6.45, 7) is -0.287. The second-order valence-electron chi connectivity index (χ2n) is 4.99. The van der Waals surface area contributed by atoms with Crippen LogP contribution in [0.1, 0.15) is 0 Å². The Morgan fingerprint density at radius 1 is 1.12 bits per heavy atom. The van der Waals surface area contributed by atoms with Crippen LogP contribution < -0.4 is 10.1 Å². The van der Waals surface area contributed by atoms with Crippen LogP contribution in [0.25, 0.3) is 0 Å². The molecule has 0 heterocycles. The summed E-state index contributed by atoms with van der Waals surface area (Å²) >= 11 is 3.30. The van der Waals surface area contributed by atoms with Crippen molar-refractivity contribution in [1.29, 1.82) is 0 Å². The van der Waals surface area contributed by atoms with Crippen LogP contribution in [0, 0.1) is 0 Å². The van der Waals surface area contributed by atoms with Gasteiger partial charge in [-0.3, -0.25) is 4.79 Å². The third-order valence-corrected chi connectivity index (χ3v) is 5.61. The van der Waals surface area contributed by atoms with Gasteiger partial charge in [-0.05, 0) is 48.5 Å². The maximum atomic E-state index is 12.5. The number of methoxy groups -OCH3 is 1. The number of carbonyl (C=O) groups is 1. The minimum atomic E-state index is -3.75. The summed E-state index contributed by atoms with van der Waals surface area (Å²) in [5, 5.41) is 2.66. The van der Waals surface area contributed by atoms with Gasteiger partial charge in [-0.15, -0.1) is 0 Å². The lowest BCUT2D eigenvalue weighted by Crippen LogP contribution is -2.34. The molecular weight excluding hydrogens is 396 g/mol. The minimum Gasteiger partial charge on any atom is -0.497 e. The zero-order valence-electron chi connectivity index (χ0n) is 13.2. The van der Waals surface area contributed by atoms with Crippen LogP contribution in [0.15, 0.2) is 57.9 Å². The lowest BCUT2D eigenvalue weighted by Gasteiger charge is -2.17. The first-order valence-electron chi connectivity index (χ1n) is 6.99. The summed E-state index contributed by atoms with van der Waals surface area (Å²) in [6, 6.07) is 13.0. The number of hydrogen-bond donors (Lipinski definition) is 1. The van der Waals surface area contributed by atoms with E-state index in [1.165, 1.54) is 26.3 Å². The number of sulfonamides is 1. The first kappa shape index (κ1) is 18.4. The first-order valence-corrected chi connectivity index (χ1v) is 9.22. The quantitative estimate of drug-likeness (QED) is 0.790. The van der Waals surface area contributed by atoms with E-state index in [9.17, 15) is 13.2 Å². The second-order valence-corrected chi connectivity index (χ2v) is 7.95. The van der Waals surface area contributed by atoms with Crippen molar-refractivity contribution < 1.29 is 17.9 Å². The number of rotatable bonds is 6. The smallest absolute Gasteiger partial charge is 0.243 e. The predicted molar refractivity (Wildman–Crippen MR) is 95.6 cm³/mol. The lowest BCUT2D eigenvalue weighted by atomic mass is 10.3. The Bertz CT molecular complexity index is 805. The highest BCUT2D eigenvalue weighted by molar-refractivity contribution is 9.10. The fourth-order valence-electron chi connectivity index (χ4n) is 1.95. The van der Waals surface area contributed by atoms with Gasteiger partial charge < -0.3 is 10.1 Å². The van der Waals surface area contributed by atoms with Crippen LogP contribution >= 0.6 is 15.9 Å². The molecule has 0 aliphatic rings. The molecule has 24 heavy (non-hydrogen) atoms. The van der Waals surface area contributed by atoms with E-state index in [4.69, 9.17) is 4.74 Å². The molecule has 6 nitrogen and oxygen atoms in total. The Kier molecular flexibility index (Phi) is 5.98. The van der Waals surface area contributed by atoms with Crippen LogP contribution in [0.4, 0.5) is 5.69 Å². The largest absolute Gasteiger partial charge is 0.497 e. The second kappa shape index (κ2) is 7.78. The summed E-state index contributed by atoms with van der Waals surface area (Å²) in [5.74, 6) is 0.140. The van der Waals surface area contributed by atoms with Crippen LogP contribution in [0.3, 0.4) is 0 Å². The van der Waals surface area contributed by atoms with E-state index >= 15 is 0 Å². The van der Waals surface area contributed by atoms with E-state index in [1.807, 2.05) is 0 Å². The predicted octanol–water partition coefficient (Wildman–Crippen LogP) is 2.72. The summed E-state index contributed by atoms with van der Waals surface area (Å²) in [6.07, 6.45) is 0. The highest BCUT2D eigenvalue weighted by atomic mass is 79.9. The third kappa shape index (κ3) is 4.56. The van der Waals surface area contributed by atoms with E-state index in [0.29, 0.717) is 11.4 Å². The Hall–Kier alpha value is -1.90. The van der Waals surface area contributed by atoms with Gasteiger partial charge in [0.1, 0.15) is 5.75 Å². The number of hydrogen-bond acceptors (Lipinski definition) is 4. The number of nitrogens with one attached hydrogen (secondary N) is 1. The molecule has 0 atom stereocenters. The summed E-state index contributed by atoms with van der Waals surface area (Å²) in [4.78, 5) is 12.1. The number of ether oxygens (including phenoxy) is 1. The summed E-state index contributed by atoms with van der Waals surface area (Å²) in [7, 11) is -0.885. The summed E-state index contributed by atoms with van der Waals surface area (Å²) < 4.78 is 31.8. The fraction of sp³-hybridized carbons (Fsp3) is 0.188. The fourth-order valence-corrected chi connectivity index (χ4v) is 3.34. The number of amides is 1. The first-order chi connectivity index (χ1) is 11.3. The van der Waals surface area contributed by atoms with Crippen molar-refractivity contribution >= 4 is 37.5 Å². The lowest BCUT2D eigenvalue weighted by molar-refractivity contribution is -0.116. The molecule has 1 N–H and O–H groups in total. The SMILES string of the molecule is COc1ccc(S(=O)(=O)N(C)CC(=O)Nc2ccc(Br)cc2)cc1. The van der Waals surface area contributed by atoms with Crippen molar-refractivity contribution in [3.05, 3.63) is 53.0 Å². The average Bonchev–Trinajstić information content (AvgIpc) is 2.57. The van der Waals surface area contributed by atoms with Crippen molar-refractivity contribution in [3.63, 3.8) is 0 Å². The molecule has 2 aromatic carbocycles. The molecule has 128 valence electrons. The molecule has 0 radical (unpaired) electrons. The van der Waals surface area contributed by atoms with Gasteiger partial charge in [0.15, 0.2) is 0 Å². The molecule has 0 bridgehead atoms. The Labute approximate surface area is 149 Å². The molecular formula is C16H17BrN2O4S. The van der Waals surface area contributed by atoms with Gasteiger partial charge in [0.05, 0.1) is 18.6 Å². The van der Waals surface area contributed by atoms with Crippen LogP contribution in [0.5, 0.6) is 5.75 Å². The molecule has 0 aliphatic carbocycles. The molecule has 2 aromatic rings. The number of halogens is 1. The molecule has 0 saturated carbocycles. The average molecular weight is 413 g/mol.